The number of phenolic OH excluding ortho intramolecular Hbond substituents is 1. The van der Waals surface area contributed by atoms with Gasteiger partial charge in [0.1, 0.15) is 17.1 Å². The number of halogens is 6. The Kier molecular flexibility index (Phi) is 5.35. The summed E-state index contributed by atoms with van der Waals surface area (Å²) in [7, 11) is -5.87. The molecule has 0 aliphatic rings. The van der Waals surface area contributed by atoms with Gasteiger partial charge in [0.05, 0.1) is 0 Å². The lowest BCUT2D eigenvalue weighted by atomic mass is 10.0. The second-order valence-electron chi connectivity index (χ2n) is 4.96. The number of hydrogen-bond donors (Lipinski definition) is 2. The largest absolute Gasteiger partial charge is 0.507 e. The summed E-state index contributed by atoms with van der Waals surface area (Å²) < 4.78 is 111. The summed E-state index contributed by atoms with van der Waals surface area (Å²) in [5, 5.41) is 9.47. The maximum atomic E-state index is 13.0. The number of hydrogen-bond acceptors (Lipinski definition) is 5. The van der Waals surface area contributed by atoms with Gasteiger partial charge in [-0.25, -0.2) is 4.79 Å². The third-order valence-corrected chi connectivity index (χ3v) is 3.71. The molecule has 0 aliphatic heterocycles. The maximum absolute atomic E-state index is 13.0. The first-order chi connectivity index (χ1) is 11.0. The van der Waals surface area contributed by atoms with Crippen LogP contribution in [0.1, 0.15) is 15.9 Å². The van der Waals surface area contributed by atoms with E-state index in [1.54, 1.807) is 0 Å². The summed E-state index contributed by atoms with van der Waals surface area (Å²) >= 11 is 0. The fourth-order valence-corrected chi connectivity index (χ4v) is 2.65. The van der Waals surface area contributed by atoms with E-state index in [-0.39, 0.29) is 0 Å². The molecule has 0 saturated carbocycles. The third kappa shape index (κ3) is 4.54. The normalized spacial score (nSPS) is 13.6. The van der Waals surface area contributed by atoms with Crippen molar-refractivity contribution in [2.75, 3.05) is 5.75 Å². The van der Waals surface area contributed by atoms with E-state index < -0.39 is 51.1 Å². The minimum Gasteiger partial charge on any atom is -0.507 e. The van der Waals surface area contributed by atoms with Gasteiger partial charge in [-0.15, -0.1) is 0 Å². The molecule has 13 heteroatoms. The Bertz CT molecular complexity index is 753. The summed E-state index contributed by atoms with van der Waals surface area (Å²) in [4.78, 5) is 11.7. The number of alkyl halides is 6. The summed E-state index contributed by atoms with van der Waals surface area (Å²) in [5.74, 6) is -6.25. The van der Waals surface area contributed by atoms with Crippen LogP contribution >= 0.6 is 0 Å². The number of carbonyl (C=O) groups excluding carboxylic acids is 1. The fraction of sp³-hybridized carbons (Fsp3) is 0.417. The Hall–Kier alpha value is -2.02. The zero-order valence-corrected chi connectivity index (χ0v) is 13.0. The number of aromatic hydroxyl groups is 1. The predicted octanol–water partition coefficient (Wildman–Crippen LogP) is 2.61. The van der Waals surface area contributed by atoms with Crippen LogP contribution in [-0.4, -0.2) is 47.8 Å². The topological polar surface area (TPSA) is 101 Å². The molecule has 6 nitrogen and oxygen atoms in total. The molecule has 25 heavy (non-hydrogen) atoms. The molecular formula is C12H10F6O6S. The average molecular weight is 396 g/mol. The highest BCUT2D eigenvalue weighted by molar-refractivity contribution is 7.85. The van der Waals surface area contributed by atoms with Crippen LogP contribution in [0.5, 0.6) is 5.75 Å². The summed E-state index contributed by atoms with van der Waals surface area (Å²) in [5.41, 5.74) is -6.26. The summed E-state index contributed by atoms with van der Waals surface area (Å²) in [6.45, 7) is 1.41. The molecular weight excluding hydrogens is 386 g/mol. The number of esters is 1. The van der Waals surface area contributed by atoms with Crippen LogP contribution in [0.4, 0.5) is 26.3 Å². The lowest BCUT2D eigenvalue weighted by molar-refractivity contribution is -0.356. The zero-order chi connectivity index (χ0) is 19.8. The highest BCUT2D eigenvalue weighted by atomic mass is 32.2. The van der Waals surface area contributed by atoms with Gasteiger partial charge in [0, 0.05) is 0 Å². The van der Waals surface area contributed by atoms with Gasteiger partial charge < -0.3 is 9.84 Å². The number of rotatable bonds is 4. The quantitative estimate of drug-likeness (QED) is 0.461. The molecule has 0 unspecified atom stereocenters. The van der Waals surface area contributed by atoms with E-state index >= 15 is 0 Å². The summed E-state index contributed by atoms with van der Waals surface area (Å²) in [6.07, 6.45) is -12.9. The monoisotopic (exact) mass is 396 g/mol. The Labute approximate surface area is 136 Å². The number of ether oxygens (including phenoxy) is 1. The Balaban J connectivity index is 3.50. The molecule has 0 fully saturated rings. The standard InChI is InChI=1S/C12H10F6O6S/c1-6-2-3-7(8(19)4-6)9(20)24-10(11(13,14)15,12(16,17)18)5-25(21,22)23/h2-4,19H,5H2,1H3,(H,21,22,23). The van der Waals surface area contributed by atoms with Gasteiger partial charge in [0.15, 0.2) is 0 Å². The molecule has 0 aromatic heterocycles. The van der Waals surface area contributed by atoms with E-state index in [1.165, 1.54) is 6.92 Å². The van der Waals surface area contributed by atoms with E-state index in [0.29, 0.717) is 11.6 Å². The van der Waals surface area contributed by atoms with Crippen LogP contribution in [0.15, 0.2) is 18.2 Å². The maximum Gasteiger partial charge on any atom is 0.438 e. The Morgan fingerprint density at radius 1 is 1.12 bits per heavy atom. The minimum absolute atomic E-state index is 0.324. The lowest BCUT2D eigenvalue weighted by Crippen LogP contribution is -2.63. The van der Waals surface area contributed by atoms with Crippen molar-refractivity contribution in [3.8, 4) is 5.75 Å². The fourth-order valence-electron chi connectivity index (χ4n) is 1.75. The van der Waals surface area contributed by atoms with Crippen LogP contribution < -0.4 is 0 Å². The molecule has 0 heterocycles. The molecule has 0 amide bonds. The number of benzene rings is 1. The molecule has 0 aliphatic carbocycles. The number of carbonyl (C=O) groups is 1. The molecule has 2 N–H and O–H groups in total. The van der Waals surface area contributed by atoms with Crippen molar-refractivity contribution in [1.82, 2.24) is 0 Å². The first-order valence-corrected chi connectivity index (χ1v) is 7.73. The zero-order valence-electron chi connectivity index (χ0n) is 12.1. The Morgan fingerprint density at radius 3 is 1.96 bits per heavy atom. The van der Waals surface area contributed by atoms with Crippen LogP contribution in [0.3, 0.4) is 0 Å². The van der Waals surface area contributed by atoms with E-state index in [2.05, 4.69) is 4.74 Å². The van der Waals surface area contributed by atoms with Crippen LogP contribution in [0, 0.1) is 6.92 Å². The second kappa shape index (κ2) is 6.37. The van der Waals surface area contributed by atoms with Gasteiger partial charge in [-0.05, 0) is 24.6 Å². The van der Waals surface area contributed by atoms with Crippen molar-refractivity contribution >= 4 is 16.1 Å². The number of phenols is 1. The van der Waals surface area contributed by atoms with Gasteiger partial charge in [-0.3, -0.25) is 4.55 Å². The van der Waals surface area contributed by atoms with Crippen LogP contribution in [0.25, 0.3) is 0 Å². The predicted molar refractivity (Wildman–Crippen MR) is 69.5 cm³/mol. The van der Waals surface area contributed by atoms with Crippen molar-refractivity contribution in [2.24, 2.45) is 0 Å². The number of aryl methyl sites for hydroxylation is 1. The van der Waals surface area contributed by atoms with E-state index in [1.807, 2.05) is 0 Å². The first-order valence-electron chi connectivity index (χ1n) is 6.12. The molecule has 0 radical (unpaired) electrons. The van der Waals surface area contributed by atoms with Crippen molar-refractivity contribution in [1.29, 1.82) is 0 Å². The highest BCUT2D eigenvalue weighted by Gasteiger charge is 2.76. The van der Waals surface area contributed by atoms with Crippen LogP contribution in [0.2, 0.25) is 0 Å². The van der Waals surface area contributed by atoms with Crippen molar-refractivity contribution in [3.05, 3.63) is 29.3 Å². The molecule has 142 valence electrons. The van der Waals surface area contributed by atoms with Crippen LogP contribution in [-0.2, 0) is 14.9 Å². The molecule has 1 aromatic carbocycles. The first kappa shape index (κ1) is 21.0. The smallest absolute Gasteiger partial charge is 0.438 e. The molecule has 0 saturated heterocycles. The second-order valence-corrected chi connectivity index (χ2v) is 6.41. The minimum atomic E-state index is -6.43. The molecule has 1 rings (SSSR count). The molecule has 0 spiro atoms. The molecule has 1 aromatic rings. The van der Waals surface area contributed by atoms with Gasteiger partial charge in [-0.1, -0.05) is 6.07 Å². The van der Waals surface area contributed by atoms with Crippen molar-refractivity contribution in [3.63, 3.8) is 0 Å². The molecule has 0 atom stereocenters. The van der Waals surface area contributed by atoms with Crippen molar-refractivity contribution in [2.45, 2.75) is 24.9 Å². The summed E-state index contributed by atoms with van der Waals surface area (Å²) in [6, 6.07) is 2.64. The van der Waals surface area contributed by atoms with E-state index in [9.17, 15) is 44.7 Å². The average Bonchev–Trinajstić information content (AvgIpc) is 2.33. The third-order valence-electron chi connectivity index (χ3n) is 2.94. The van der Waals surface area contributed by atoms with Gasteiger partial charge in [-0.2, -0.15) is 34.8 Å². The SMILES string of the molecule is Cc1ccc(C(=O)OC(CS(=O)(=O)O)(C(F)(F)F)C(F)(F)F)c(O)c1. The highest BCUT2D eigenvalue weighted by Crippen LogP contribution is 2.47. The van der Waals surface area contributed by atoms with Gasteiger partial charge >= 0.3 is 23.9 Å². The van der Waals surface area contributed by atoms with E-state index in [0.717, 1.165) is 12.1 Å². The molecule has 0 bridgehead atoms. The van der Waals surface area contributed by atoms with Gasteiger partial charge in [0.25, 0.3) is 10.1 Å². The van der Waals surface area contributed by atoms with Crippen molar-refractivity contribution < 1.29 is 54.0 Å². The van der Waals surface area contributed by atoms with E-state index in [4.69, 9.17) is 4.55 Å². The van der Waals surface area contributed by atoms with Gasteiger partial charge in [0.2, 0.25) is 0 Å². The lowest BCUT2D eigenvalue weighted by Gasteiger charge is -2.35. The Morgan fingerprint density at radius 2 is 1.60 bits per heavy atom.